The van der Waals surface area contributed by atoms with Crippen molar-refractivity contribution in [1.82, 2.24) is 0 Å². The van der Waals surface area contributed by atoms with Gasteiger partial charge in [-0.05, 0) is 89.6 Å². The number of carboxylic acids is 1. The largest absolute Gasteiger partial charge is 0.497 e. The Balaban J connectivity index is 1.43. The van der Waals surface area contributed by atoms with Crippen LogP contribution in [0.1, 0.15) is 67.7 Å². The highest BCUT2D eigenvalue weighted by molar-refractivity contribution is 5.71. The highest BCUT2D eigenvalue weighted by Gasteiger charge is 2.45. The van der Waals surface area contributed by atoms with Crippen molar-refractivity contribution < 1.29 is 33.3 Å². The summed E-state index contributed by atoms with van der Waals surface area (Å²) in [7, 11) is 1.51. The summed E-state index contributed by atoms with van der Waals surface area (Å²) in [4.78, 5) is 11.4. The smallest absolute Gasteiger partial charge is 0.303 e. The summed E-state index contributed by atoms with van der Waals surface area (Å²) in [6, 6.07) is 14.7. The van der Waals surface area contributed by atoms with Gasteiger partial charge in [-0.25, -0.2) is 8.78 Å². The van der Waals surface area contributed by atoms with Crippen molar-refractivity contribution in [1.29, 1.82) is 0 Å². The number of methoxy groups -OCH3 is 1. The van der Waals surface area contributed by atoms with Gasteiger partial charge in [-0.15, -0.1) is 0 Å². The molecule has 38 heavy (non-hydrogen) atoms. The molecular weight excluding hydrogens is 490 g/mol. The van der Waals surface area contributed by atoms with Gasteiger partial charge in [0.25, 0.3) is 0 Å². The van der Waals surface area contributed by atoms with E-state index in [1.165, 1.54) is 19.2 Å². The van der Waals surface area contributed by atoms with Crippen molar-refractivity contribution in [3.8, 4) is 22.6 Å². The summed E-state index contributed by atoms with van der Waals surface area (Å²) in [6.45, 7) is 2.03. The summed E-state index contributed by atoms with van der Waals surface area (Å²) in [5.41, 5.74) is 2.27. The van der Waals surface area contributed by atoms with Gasteiger partial charge in [0, 0.05) is 11.5 Å². The van der Waals surface area contributed by atoms with Gasteiger partial charge < -0.3 is 19.7 Å². The van der Waals surface area contributed by atoms with Gasteiger partial charge in [-0.3, -0.25) is 4.79 Å². The number of rotatable bonds is 11. The number of halogens is 2. The minimum absolute atomic E-state index is 0.0324. The molecule has 0 aliphatic heterocycles. The molecular formula is C31H32F2O5. The van der Waals surface area contributed by atoms with Gasteiger partial charge in [-0.2, -0.15) is 0 Å². The van der Waals surface area contributed by atoms with E-state index in [-0.39, 0.29) is 36.0 Å². The van der Waals surface area contributed by atoms with Crippen LogP contribution in [0.4, 0.5) is 8.78 Å². The highest BCUT2D eigenvalue weighted by Crippen LogP contribution is 2.56. The molecule has 2 fully saturated rings. The first-order valence-corrected chi connectivity index (χ1v) is 13.0. The Morgan fingerprint density at radius 1 is 1.05 bits per heavy atom. The van der Waals surface area contributed by atoms with Crippen molar-refractivity contribution in [2.45, 2.75) is 57.7 Å². The molecule has 7 heteroatoms. The Hall–Kier alpha value is -3.45. The fourth-order valence-electron chi connectivity index (χ4n) is 5.16. The number of hydrogen-bond donors (Lipinski definition) is 2. The van der Waals surface area contributed by atoms with Gasteiger partial charge in [0.2, 0.25) is 0 Å². The third-order valence-electron chi connectivity index (χ3n) is 7.95. The molecule has 2 N–H and O–H groups in total. The lowest BCUT2D eigenvalue weighted by molar-refractivity contribution is -0.137. The van der Waals surface area contributed by atoms with Crippen LogP contribution in [-0.4, -0.2) is 23.3 Å². The zero-order valence-corrected chi connectivity index (χ0v) is 21.5. The second kappa shape index (κ2) is 10.4. The summed E-state index contributed by atoms with van der Waals surface area (Å²) in [6.07, 6.45) is 2.60. The Morgan fingerprint density at radius 3 is 2.47 bits per heavy atom. The Bertz CT molecular complexity index is 1350. The number of ether oxygens (including phenoxy) is 2. The summed E-state index contributed by atoms with van der Waals surface area (Å²) >= 11 is 0. The van der Waals surface area contributed by atoms with E-state index in [1.807, 2.05) is 6.92 Å². The van der Waals surface area contributed by atoms with Crippen molar-refractivity contribution in [2.75, 3.05) is 7.11 Å². The van der Waals surface area contributed by atoms with Gasteiger partial charge >= 0.3 is 5.97 Å². The van der Waals surface area contributed by atoms with Crippen LogP contribution in [0.5, 0.6) is 11.5 Å². The van der Waals surface area contributed by atoms with Crippen LogP contribution in [0.25, 0.3) is 11.1 Å². The number of hydrogen-bond acceptors (Lipinski definition) is 4. The first-order valence-electron chi connectivity index (χ1n) is 13.0. The molecule has 2 aliphatic rings. The van der Waals surface area contributed by atoms with Crippen molar-refractivity contribution in [2.24, 2.45) is 11.3 Å². The lowest BCUT2D eigenvalue weighted by atomic mass is 9.87. The summed E-state index contributed by atoms with van der Waals surface area (Å²) in [5.74, 6) is -1.55. The molecule has 3 aromatic rings. The van der Waals surface area contributed by atoms with E-state index in [2.05, 4.69) is 0 Å². The van der Waals surface area contributed by atoms with Crippen LogP contribution in [0, 0.1) is 23.0 Å². The molecule has 0 radical (unpaired) electrons. The van der Waals surface area contributed by atoms with E-state index in [9.17, 15) is 19.4 Å². The molecule has 200 valence electrons. The molecule has 2 atom stereocenters. The van der Waals surface area contributed by atoms with Crippen molar-refractivity contribution in [3.05, 3.63) is 82.9 Å². The maximum atomic E-state index is 15.4. The average Bonchev–Trinajstić information content (AvgIpc) is 3.84. The van der Waals surface area contributed by atoms with Crippen molar-refractivity contribution >= 4 is 5.97 Å². The zero-order valence-electron chi connectivity index (χ0n) is 21.5. The number of aliphatic hydroxyl groups excluding tert-OH is 1. The van der Waals surface area contributed by atoms with Crippen LogP contribution in [0.3, 0.4) is 0 Å². The Labute approximate surface area is 221 Å². The topological polar surface area (TPSA) is 76.0 Å². The Morgan fingerprint density at radius 2 is 1.82 bits per heavy atom. The van der Waals surface area contributed by atoms with E-state index < -0.39 is 23.7 Å². The third-order valence-corrected chi connectivity index (χ3v) is 7.95. The van der Waals surface area contributed by atoms with Gasteiger partial charge in [-0.1, -0.05) is 31.2 Å². The lowest BCUT2D eigenvalue weighted by Crippen LogP contribution is -2.12. The number of aliphatic carboxylic acids is 1. The van der Waals surface area contributed by atoms with E-state index in [0.717, 1.165) is 25.7 Å². The molecule has 2 aliphatic carbocycles. The molecule has 0 unspecified atom stereocenters. The summed E-state index contributed by atoms with van der Waals surface area (Å²) in [5, 5.41) is 20.6. The minimum Gasteiger partial charge on any atom is -0.497 e. The fourth-order valence-corrected chi connectivity index (χ4v) is 5.16. The Kier molecular flexibility index (Phi) is 7.14. The van der Waals surface area contributed by atoms with Gasteiger partial charge in [0.15, 0.2) is 11.6 Å². The average molecular weight is 523 g/mol. The minimum atomic E-state index is -0.948. The van der Waals surface area contributed by atoms with Gasteiger partial charge in [0.1, 0.15) is 18.2 Å². The molecule has 0 amide bonds. The predicted octanol–water partition coefficient (Wildman–Crippen LogP) is 7.02. The second-order valence-corrected chi connectivity index (χ2v) is 10.8. The molecule has 0 spiro atoms. The van der Waals surface area contributed by atoms with E-state index in [1.54, 1.807) is 42.5 Å². The fraction of sp³-hybridized carbons (Fsp3) is 0.387. The summed E-state index contributed by atoms with van der Waals surface area (Å²) < 4.78 is 41.4. The van der Waals surface area contributed by atoms with E-state index >= 15 is 4.39 Å². The third kappa shape index (κ3) is 5.39. The van der Waals surface area contributed by atoms with Crippen LogP contribution in [-0.2, 0) is 11.4 Å². The number of aliphatic hydroxyl groups is 1. The molecule has 0 aromatic heterocycles. The number of carboxylic acid groups (broad SMARTS) is 1. The van der Waals surface area contributed by atoms with Gasteiger partial charge in [0.05, 0.1) is 19.6 Å². The normalized spacial score (nSPS) is 17.5. The van der Waals surface area contributed by atoms with Crippen molar-refractivity contribution in [3.63, 3.8) is 0 Å². The molecule has 0 heterocycles. The number of carbonyl (C=O) groups is 1. The first kappa shape index (κ1) is 26.2. The zero-order chi connectivity index (χ0) is 27.0. The van der Waals surface area contributed by atoms with E-state index in [4.69, 9.17) is 9.47 Å². The van der Waals surface area contributed by atoms with Crippen LogP contribution in [0.2, 0.25) is 0 Å². The van der Waals surface area contributed by atoms with Crippen LogP contribution in [0.15, 0.2) is 54.6 Å². The predicted molar refractivity (Wildman–Crippen MR) is 139 cm³/mol. The SMILES string of the molecule is COc1ccc(F)c(-c2ccc(COc3cccc([C@H](CC(=O)O)C4CC4)c3F)cc2[C@@H](O)C2(C)CC2)c1. The maximum absolute atomic E-state index is 15.4. The lowest BCUT2D eigenvalue weighted by Gasteiger charge is -2.23. The highest BCUT2D eigenvalue weighted by atomic mass is 19.1. The second-order valence-electron chi connectivity index (χ2n) is 10.8. The molecule has 0 saturated heterocycles. The monoisotopic (exact) mass is 522 g/mol. The quantitative estimate of drug-likeness (QED) is 0.283. The first-order chi connectivity index (χ1) is 18.2. The molecule has 3 aromatic carbocycles. The molecule has 5 rings (SSSR count). The standard InChI is InChI=1S/C31H32F2O5/c1-31(12-13-31)30(36)25-14-18(6-10-21(25)24-15-20(37-2)9-11-26(24)32)17-38-27-5-3-4-22(29(27)33)23(16-28(34)35)19-7-8-19/h3-6,9-11,14-15,19,23,30,36H,7-8,12-13,16-17H2,1-2H3,(H,34,35)/t23-,30-/m1/s1. The van der Waals surface area contributed by atoms with Crippen LogP contribution >= 0.6 is 0 Å². The molecule has 2 saturated carbocycles. The number of benzene rings is 3. The van der Waals surface area contributed by atoms with E-state index in [0.29, 0.717) is 33.6 Å². The molecule has 5 nitrogen and oxygen atoms in total. The maximum Gasteiger partial charge on any atom is 0.303 e. The van der Waals surface area contributed by atoms with Crippen LogP contribution < -0.4 is 9.47 Å². The molecule has 0 bridgehead atoms.